The summed E-state index contributed by atoms with van der Waals surface area (Å²) >= 11 is 0. The van der Waals surface area contributed by atoms with Gasteiger partial charge in [0.2, 0.25) is 0 Å². The van der Waals surface area contributed by atoms with Gasteiger partial charge in [0.1, 0.15) is 0 Å². The van der Waals surface area contributed by atoms with E-state index in [2.05, 4.69) is 0 Å². The van der Waals surface area contributed by atoms with Crippen LogP contribution in [-0.2, 0) is 13.0 Å². The molecule has 0 spiro atoms. The van der Waals surface area contributed by atoms with Crippen molar-refractivity contribution in [1.29, 1.82) is 0 Å². The minimum absolute atomic E-state index is 0.00680. The second kappa shape index (κ2) is 3.41. The maximum Gasteiger partial charge on any atom is 0.484 e. The zero-order valence-corrected chi connectivity index (χ0v) is 8.01. The van der Waals surface area contributed by atoms with Gasteiger partial charge in [0.05, 0.1) is 0 Å². The van der Waals surface area contributed by atoms with Gasteiger partial charge in [-0.2, -0.15) is 13.2 Å². The molecular formula is C10H11F3N2. The average Bonchev–Trinajstić information content (AvgIpc) is 2.59. The van der Waals surface area contributed by atoms with Crippen LogP contribution in [0.1, 0.15) is 11.1 Å². The zero-order valence-electron chi connectivity index (χ0n) is 8.01. The van der Waals surface area contributed by atoms with Crippen LogP contribution in [0.2, 0.25) is 0 Å². The number of benzene rings is 1. The van der Waals surface area contributed by atoms with Gasteiger partial charge in [-0.25, -0.2) is 0 Å². The van der Waals surface area contributed by atoms with Crippen LogP contribution in [0, 0.1) is 0 Å². The van der Waals surface area contributed by atoms with Crippen LogP contribution in [0.3, 0.4) is 0 Å². The minimum atomic E-state index is -4.28. The Morgan fingerprint density at radius 2 is 2.07 bits per heavy atom. The second-order valence-electron chi connectivity index (χ2n) is 3.54. The summed E-state index contributed by atoms with van der Waals surface area (Å²) in [6.45, 7) is 0.367. The molecule has 0 aliphatic carbocycles. The highest BCUT2D eigenvalue weighted by atomic mass is 19.4. The molecule has 0 unspecified atom stereocenters. The number of fused-ring (bicyclic) bond motifs is 1. The number of halogens is 3. The van der Waals surface area contributed by atoms with E-state index in [-0.39, 0.29) is 12.2 Å². The van der Waals surface area contributed by atoms with Crippen molar-refractivity contribution < 1.29 is 13.2 Å². The van der Waals surface area contributed by atoms with Crippen molar-refractivity contribution >= 4 is 5.69 Å². The largest absolute Gasteiger partial charge is 0.484 e. The van der Waals surface area contributed by atoms with E-state index in [1.807, 2.05) is 0 Å². The molecular weight excluding hydrogens is 205 g/mol. The summed E-state index contributed by atoms with van der Waals surface area (Å²) in [7, 11) is 0. The Hall–Kier alpha value is -1.23. The van der Waals surface area contributed by atoms with Crippen LogP contribution >= 0.6 is 0 Å². The van der Waals surface area contributed by atoms with E-state index in [1.54, 1.807) is 12.1 Å². The van der Waals surface area contributed by atoms with Crippen LogP contribution in [0.5, 0.6) is 0 Å². The molecule has 0 radical (unpaired) electrons. The molecule has 0 saturated heterocycles. The Balaban J connectivity index is 2.36. The molecule has 0 fully saturated rings. The minimum Gasteiger partial charge on any atom is -0.326 e. The van der Waals surface area contributed by atoms with Crippen molar-refractivity contribution in [2.75, 3.05) is 11.4 Å². The molecule has 2 rings (SSSR count). The lowest BCUT2D eigenvalue weighted by Gasteiger charge is -2.22. The van der Waals surface area contributed by atoms with Crippen molar-refractivity contribution in [2.45, 2.75) is 19.3 Å². The van der Waals surface area contributed by atoms with Crippen molar-refractivity contribution in [3.63, 3.8) is 0 Å². The van der Waals surface area contributed by atoms with Gasteiger partial charge in [0.25, 0.3) is 0 Å². The molecule has 1 aliphatic heterocycles. The predicted octanol–water partition coefficient (Wildman–Crippen LogP) is 2.03. The number of rotatable bonds is 1. The number of nitrogens with zero attached hydrogens (tertiary/aromatic N) is 1. The SMILES string of the molecule is NCc1ccc2c(c1)CCN2C(F)(F)F. The van der Waals surface area contributed by atoms with Crippen LogP contribution in [0.25, 0.3) is 0 Å². The fourth-order valence-electron chi connectivity index (χ4n) is 1.85. The number of hydrogen-bond donors (Lipinski definition) is 1. The third-order valence-corrected chi connectivity index (χ3v) is 2.58. The maximum absolute atomic E-state index is 12.5. The molecule has 1 heterocycles. The molecule has 15 heavy (non-hydrogen) atoms. The highest BCUT2D eigenvalue weighted by molar-refractivity contribution is 5.59. The first-order valence-corrected chi connectivity index (χ1v) is 4.68. The van der Waals surface area contributed by atoms with Gasteiger partial charge in [-0.1, -0.05) is 12.1 Å². The van der Waals surface area contributed by atoms with Gasteiger partial charge in [-0.15, -0.1) is 0 Å². The normalized spacial score (nSPS) is 15.6. The fourth-order valence-corrected chi connectivity index (χ4v) is 1.85. The molecule has 0 aromatic heterocycles. The lowest BCUT2D eigenvalue weighted by Crippen LogP contribution is -2.36. The molecule has 82 valence electrons. The summed E-state index contributed by atoms with van der Waals surface area (Å²) in [6.07, 6.45) is -3.85. The van der Waals surface area contributed by atoms with E-state index in [0.717, 1.165) is 11.1 Å². The number of nitrogens with two attached hydrogens (primary N) is 1. The first-order chi connectivity index (χ1) is 7.02. The molecule has 0 saturated carbocycles. The molecule has 5 heteroatoms. The summed E-state index contributed by atoms with van der Waals surface area (Å²) in [5, 5.41) is 0. The fraction of sp³-hybridized carbons (Fsp3) is 0.400. The van der Waals surface area contributed by atoms with Crippen LogP contribution in [0.4, 0.5) is 18.9 Å². The van der Waals surface area contributed by atoms with Gasteiger partial charge in [-0.3, -0.25) is 4.90 Å². The van der Waals surface area contributed by atoms with Gasteiger partial charge in [-0.05, 0) is 23.6 Å². The van der Waals surface area contributed by atoms with Crippen LogP contribution in [0.15, 0.2) is 18.2 Å². The Morgan fingerprint density at radius 1 is 1.33 bits per heavy atom. The first kappa shape index (κ1) is 10.3. The van der Waals surface area contributed by atoms with Gasteiger partial charge < -0.3 is 5.73 Å². The molecule has 0 amide bonds. The summed E-state index contributed by atoms with van der Waals surface area (Å²) in [4.78, 5) is 0.475. The second-order valence-corrected chi connectivity index (χ2v) is 3.54. The quantitative estimate of drug-likeness (QED) is 0.728. The Labute approximate surface area is 85.5 Å². The lowest BCUT2D eigenvalue weighted by atomic mass is 10.1. The smallest absolute Gasteiger partial charge is 0.326 e. The van der Waals surface area contributed by atoms with E-state index in [1.165, 1.54) is 6.07 Å². The number of alkyl halides is 3. The predicted molar refractivity (Wildman–Crippen MR) is 51.4 cm³/mol. The molecule has 1 aromatic carbocycles. The Morgan fingerprint density at radius 3 is 2.67 bits per heavy atom. The van der Waals surface area contributed by atoms with E-state index >= 15 is 0 Å². The van der Waals surface area contributed by atoms with Crippen molar-refractivity contribution in [2.24, 2.45) is 5.73 Å². The topological polar surface area (TPSA) is 29.3 Å². The molecule has 1 aromatic rings. The number of anilines is 1. The molecule has 1 aliphatic rings. The van der Waals surface area contributed by atoms with Crippen LogP contribution in [-0.4, -0.2) is 12.8 Å². The van der Waals surface area contributed by atoms with Crippen molar-refractivity contribution in [1.82, 2.24) is 0 Å². The van der Waals surface area contributed by atoms with E-state index in [4.69, 9.17) is 5.73 Å². The summed E-state index contributed by atoms with van der Waals surface area (Å²) in [5.74, 6) is 0. The maximum atomic E-state index is 12.5. The standard InChI is InChI=1S/C10H11F3N2/c11-10(12,13)15-4-3-8-5-7(6-14)1-2-9(8)15/h1-2,5H,3-4,6,14H2. The Bertz CT molecular complexity index is 373. The lowest BCUT2D eigenvalue weighted by molar-refractivity contribution is -0.127. The molecule has 0 bridgehead atoms. The van der Waals surface area contributed by atoms with Gasteiger partial charge >= 0.3 is 6.30 Å². The molecule has 2 N–H and O–H groups in total. The van der Waals surface area contributed by atoms with Crippen molar-refractivity contribution in [3.05, 3.63) is 29.3 Å². The first-order valence-electron chi connectivity index (χ1n) is 4.68. The zero-order chi connectivity index (χ0) is 11.1. The van der Waals surface area contributed by atoms with Gasteiger partial charge in [0, 0.05) is 18.8 Å². The number of hydrogen-bond acceptors (Lipinski definition) is 2. The van der Waals surface area contributed by atoms with E-state index in [9.17, 15) is 13.2 Å². The third-order valence-electron chi connectivity index (χ3n) is 2.58. The molecule has 0 atom stereocenters. The highest BCUT2D eigenvalue weighted by Gasteiger charge is 2.40. The summed E-state index contributed by atoms with van der Waals surface area (Å²) < 4.78 is 37.6. The summed E-state index contributed by atoms with van der Waals surface area (Å²) in [5.41, 5.74) is 7.30. The molecule has 2 nitrogen and oxygen atoms in total. The average molecular weight is 216 g/mol. The summed E-state index contributed by atoms with van der Waals surface area (Å²) in [6, 6.07) is 4.89. The van der Waals surface area contributed by atoms with Crippen molar-refractivity contribution in [3.8, 4) is 0 Å². The Kier molecular flexibility index (Phi) is 2.34. The van der Waals surface area contributed by atoms with E-state index < -0.39 is 6.30 Å². The van der Waals surface area contributed by atoms with E-state index in [0.29, 0.717) is 17.9 Å². The highest BCUT2D eigenvalue weighted by Crippen LogP contribution is 2.36. The van der Waals surface area contributed by atoms with Crippen LogP contribution < -0.4 is 10.6 Å². The third kappa shape index (κ3) is 1.79. The van der Waals surface area contributed by atoms with Gasteiger partial charge in [0.15, 0.2) is 0 Å². The monoisotopic (exact) mass is 216 g/mol.